The summed E-state index contributed by atoms with van der Waals surface area (Å²) in [6, 6.07) is -1.42. The summed E-state index contributed by atoms with van der Waals surface area (Å²) in [4.78, 5) is 26.7. The van der Waals surface area contributed by atoms with E-state index < -0.39 is 38.8 Å². The molecule has 0 heterocycles. The summed E-state index contributed by atoms with van der Waals surface area (Å²) in [5.41, 5.74) is 5.05. The fraction of sp³-hybridized carbons (Fsp3) is 0.833. The smallest absolute Gasteiger partial charge is 0.388 e. The van der Waals surface area contributed by atoms with E-state index in [9.17, 15) is 19.6 Å². The van der Waals surface area contributed by atoms with E-state index >= 15 is 0 Å². The van der Waals surface area contributed by atoms with Gasteiger partial charge in [-0.25, -0.2) is 4.57 Å². The number of phosphoric acid groups is 1. The molecule has 4 atom stereocenters. The zero-order valence-electron chi connectivity index (χ0n) is 8.08. The van der Waals surface area contributed by atoms with E-state index in [0.717, 1.165) is 0 Å². The summed E-state index contributed by atoms with van der Waals surface area (Å²) in [6.45, 7) is -0.909. The van der Waals surface area contributed by atoms with Crippen molar-refractivity contribution in [2.75, 3.05) is 6.61 Å². The minimum Gasteiger partial charge on any atom is -0.388 e. The van der Waals surface area contributed by atoms with Crippen LogP contribution in [0, 0.1) is 0 Å². The van der Waals surface area contributed by atoms with E-state index in [2.05, 4.69) is 4.52 Å². The Hall–Kier alpha value is -0.380. The van der Waals surface area contributed by atoms with E-state index in [1.54, 1.807) is 0 Å². The van der Waals surface area contributed by atoms with Crippen molar-refractivity contribution in [3.8, 4) is 0 Å². The largest absolute Gasteiger partial charge is 0.469 e. The van der Waals surface area contributed by atoms with Crippen molar-refractivity contribution in [1.29, 1.82) is 0 Å². The lowest BCUT2D eigenvalue weighted by atomic mass is 10.0. The summed E-state index contributed by atoms with van der Waals surface area (Å²) in [5, 5.41) is 27.5. The van der Waals surface area contributed by atoms with Crippen LogP contribution >= 0.6 is 7.82 Å². The van der Waals surface area contributed by atoms with Crippen LogP contribution in [0.15, 0.2) is 0 Å². The van der Waals surface area contributed by atoms with Gasteiger partial charge >= 0.3 is 7.82 Å². The second-order valence-corrected chi connectivity index (χ2v) is 4.29. The van der Waals surface area contributed by atoms with Gasteiger partial charge in [0.2, 0.25) is 0 Å². The predicted molar refractivity (Wildman–Crippen MR) is 50.1 cm³/mol. The number of carbonyl (C=O) groups is 1. The third-order valence-corrected chi connectivity index (χ3v) is 2.19. The first kappa shape index (κ1) is 15.6. The van der Waals surface area contributed by atoms with Gasteiger partial charge in [-0.3, -0.25) is 4.52 Å². The number of aliphatic hydroxyl groups is 3. The molecule has 0 saturated heterocycles. The summed E-state index contributed by atoms with van der Waals surface area (Å²) in [5.74, 6) is 0. The van der Waals surface area contributed by atoms with Gasteiger partial charge in [0.1, 0.15) is 24.6 Å². The molecule has 0 fully saturated rings. The van der Waals surface area contributed by atoms with Crippen molar-refractivity contribution < 1.29 is 39.0 Å². The number of aldehydes is 1. The molecule has 0 rings (SSSR count). The number of phosphoric ester groups is 1. The highest BCUT2D eigenvalue weighted by molar-refractivity contribution is 7.46. The highest BCUT2D eigenvalue weighted by Gasteiger charge is 2.30. The average molecular weight is 259 g/mol. The van der Waals surface area contributed by atoms with Crippen LogP contribution in [0.1, 0.15) is 0 Å². The number of hydrogen-bond acceptors (Lipinski definition) is 7. The molecule has 0 aromatic rings. The molecular formula is C6H14NO8P. The second kappa shape index (κ2) is 6.38. The third kappa shape index (κ3) is 5.64. The molecule has 0 aromatic carbocycles. The molecule has 0 saturated carbocycles. The Labute approximate surface area is 90.7 Å². The van der Waals surface area contributed by atoms with Crippen LogP contribution in [0.25, 0.3) is 0 Å². The van der Waals surface area contributed by atoms with Crippen molar-refractivity contribution in [2.45, 2.75) is 24.4 Å². The van der Waals surface area contributed by atoms with Crippen LogP contribution in [0.2, 0.25) is 0 Å². The molecule has 7 N–H and O–H groups in total. The number of aliphatic hydroxyl groups excluding tert-OH is 3. The van der Waals surface area contributed by atoms with Crippen molar-refractivity contribution in [1.82, 2.24) is 0 Å². The van der Waals surface area contributed by atoms with Gasteiger partial charge in [-0.1, -0.05) is 0 Å². The van der Waals surface area contributed by atoms with Crippen LogP contribution in [-0.2, 0) is 13.9 Å². The average Bonchev–Trinajstić information content (AvgIpc) is 2.21. The first-order valence-corrected chi connectivity index (χ1v) is 5.67. The fourth-order valence-electron chi connectivity index (χ4n) is 0.808. The Bertz CT molecular complexity index is 267. The van der Waals surface area contributed by atoms with Crippen molar-refractivity contribution in [2.24, 2.45) is 5.73 Å². The number of carbonyl (C=O) groups excluding carboxylic acids is 1. The maximum absolute atomic E-state index is 10.3. The Kier molecular flexibility index (Phi) is 6.23. The molecule has 96 valence electrons. The number of nitrogens with two attached hydrogens (primary N) is 1. The van der Waals surface area contributed by atoms with Gasteiger partial charge in [0.15, 0.2) is 0 Å². The molecule has 0 aliphatic carbocycles. The highest BCUT2D eigenvalue weighted by Crippen LogP contribution is 2.35. The second-order valence-electron chi connectivity index (χ2n) is 3.05. The highest BCUT2D eigenvalue weighted by atomic mass is 31.2. The van der Waals surface area contributed by atoms with Crippen molar-refractivity contribution >= 4 is 14.1 Å². The predicted octanol–water partition coefficient (Wildman–Crippen LogP) is -3.30. The van der Waals surface area contributed by atoms with Crippen LogP contribution in [0.3, 0.4) is 0 Å². The molecule has 0 unspecified atom stereocenters. The minimum atomic E-state index is -4.77. The first-order chi connectivity index (χ1) is 7.19. The SMILES string of the molecule is N[C@@H](C=O)[C@H](O)[C@@H](O)[C@@H](O)COP(=O)(O)O. The normalized spacial score (nSPS) is 19.9. The summed E-state index contributed by atoms with van der Waals surface area (Å²) in [7, 11) is -4.77. The van der Waals surface area contributed by atoms with Gasteiger partial charge in [-0.05, 0) is 0 Å². The van der Waals surface area contributed by atoms with E-state index in [4.69, 9.17) is 20.6 Å². The van der Waals surface area contributed by atoms with Gasteiger partial charge in [0.05, 0.1) is 12.6 Å². The van der Waals surface area contributed by atoms with Crippen LogP contribution in [0.4, 0.5) is 0 Å². The van der Waals surface area contributed by atoms with Gasteiger partial charge in [0, 0.05) is 0 Å². The molecule has 9 nitrogen and oxygen atoms in total. The Balaban J connectivity index is 4.22. The summed E-state index contributed by atoms with van der Waals surface area (Å²) >= 11 is 0. The lowest BCUT2D eigenvalue weighted by Crippen LogP contribution is -2.50. The Morgan fingerprint density at radius 2 is 1.75 bits per heavy atom. The molecule has 0 aliphatic rings. The van der Waals surface area contributed by atoms with Crippen LogP contribution in [0.5, 0.6) is 0 Å². The lowest BCUT2D eigenvalue weighted by Gasteiger charge is -2.24. The zero-order valence-corrected chi connectivity index (χ0v) is 8.97. The number of rotatable bonds is 7. The van der Waals surface area contributed by atoms with Crippen LogP contribution < -0.4 is 5.73 Å². The van der Waals surface area contributed by atoms with E-state index in [1.807, 2.05) is 0 Å². The monoisotopic (exact) mass is 259 g/mol. The van der Waals surface area contributed by atoms with Crippen LogP contribution in [-0.4, -0.2) is 62.4 Å². The Morgan fingerprint density at radius 3 is 2.12 bits per heavy atom. The summed E-state index contributed by atoms with van der Waals surface area (Å²) < 4.78 is 14.1. The molecule has 0 spiro atoms. The molecule has 0 amide bonds. The van der Waals surface area contributed by atoms with Gasteiger partial charge < -0.3 is 35.6 Å². The first-order valence-electron chi connectivity index (χ1n) is 4.14. The Morgan fingerprint density at radius 1 is 1.25 bits per heavy atom. The quantitative estimate of drug-likeness (QED) is 0.202. The number of hydrogen-bond donors (Lipinski definition) is 6. The van der Waals surface area contributed by atoms with E-state index in [0.29, 0.717) is 0 Å². The maximum atomic E-state index is 10.3. The van der Waals surface area contributed by atoms with Crippen molar-refractivity contribution in [3.05, 3.63) is 0 Å². The zero-order chi connectivity index (χ0) is 12.9. The third-order valence-electron chi connectivity index (χ3n) is 1.71. The molecule has 0 aliphatic heterocycles. The standard InChI is InChI=1S/C6H14NO8P/c7-3(1-8)5(10)6(11)4(9)2-15-16(12,13)14/h1,3-6,9-11H,2,7H2,(H2,12,13,14)/t3-,4-,5-,6-/m0/s1. The van der Waals surface area contributed by atoms with E-state index in [1.165, 1.54) is 0 Å². The summed E-state index contributed by atoms with van der Waals surface area (Å²) in [6.07, 6.45) is -5.24. The van der Waals surface area contributed by atoms with Gasteiger partial charge in [-0.15, -0.1) is 0 Å². The molecule has 10 heteroatoms. The minimum absolute atomic E-state index is 0.157. The molecule has 0 radical (unpaired) electrons. The van der Waals surface area contributed by atoms with Crippen molar-refractivity contribution in [3.63, 3.8) is 0 Å². The lowest BCUT2D eigenvalue weighted by molar-refractivity contribution is -0.118. The molecule has 0 bridgehead atoms. The van der Waals surface area contributed by atoms with Gasteiger partial charge in [0.25, 0.3) is 0 Å². The molecular weight excluding hydrogens is 245 g/mol. The fourth-order valence-corrected chi connectivity index (χ4v) is 1.15. The maximum Gasteiger partial charge on any atom is 0.469 e. The van der Waals surface area contributed by atoms with Gasteiger partial charge in [-0.2, -0.15) is 0 Å². The topological polar surface area (TPSA) is 171 Å². The van der Waals surface area contributed by atoms with E-state index in [-0.39, 0.29) is 6.29 Å². The molecule has 0 aromatic heterocycles. The molecule has 16 heavy (non-hydrogen) atoms.